The van der Waals surface area contributed by atoms with Crippen LogP contribution in [0.25, 0.3) is 0 Å². The topological polar surface area (TPSA) is 55.8 Å². The number of rotatable bonds is 7. The smallest absolute Gasteiger partial charge is 0.302 e. The molecule has 0 bridgehead atoms. The molecule has 0 aliphatic heterocycles. The summed E-state index contributed by atoms with van der Waals surface area (Å²) in [6, 6.07) is 0. The molecule has 0 spiro atoms. The molecule has 4 nitrogen and oxygen atoms in total. The van der Waals surface area contributed by atoms with Crippen LogP contribution < -0.4 is 0 Å². The van der Waals surface area contributed by atoms with Gasteiger partial charge in [-0.25, -0.2) is 4.57 Å². The van der Waals surface area contributed by atoms with Crippen LogP contribution in [0.3, 0.4) is 0 Å². The third kappa shape index (κ3) is 4.92. The van der Waals surface area contributed by atoms with E-state index in [9.17, 15) is 9.46 Å². The molecule has 1 rings (SSSR count). The molecule has 0 heterocycles. The Bertz CT molecular complexity index is 428. The molecule has 0 radical (unpaired) electrons. The zero-order valence-corrected chi connectivity index (χ0v) is 16.0. The van der Waals surface area contributed by atoms with Gasteiger partial charge in [0.2, 0.25) is 0 Å². The van der Waals surface area contributed by atoms with E-state index in [1.807, 2.05) is 0 Å². The van der Waals surface area contributed by atoms with Crippen LogP contribution in [0.5, 0.6) is 0 Å². The molecule has 5 heteroatoms. The summed E-state index contributed by atoms with van der Waals surface area (Å²) >= 11 is 0. The van der Waals surface area contributed by atoms with E-state index in [4.69, 9.17) is 4.52 Å². The number of phosphoric acid groups is 1. The van der Waals surface area contributed by atoms with Gasteiger partial charge in [0, 0.05) is 7.11 Å². The van der Waals surface area contributed by atoms with Crippen molar-refractivity contribution in [1.29, 1.82) is 0 Å². The van der Waals surface area contributed by atoms with Crippen LogP contribution in [0.15, 0.2) is 11.6 Å². The third-order valence-electron chi connectivity index (χ3n) is 4.96. The summed E-state index contributed by atoms with van der Waals surface area (Å²) in [6.45, 7) is 13.8. The van der Waals surface area contributed by atoms with Gasteiger partial charge in [-0.15, -0.1) is 0 Å². The Hall–Kier alpha value is -0.150. The van der Waals surface area contributed by atoms with Crippen molar-refractivity contribution in [1.82, 2.24) is 0 Å². The molecule has 0 aromatic heterocycles. The van der Waals surface area contributed by atoms with Gasteiger partial charge in [0.25, 0.3) is 0 Å². The standard InChI is InChI=1S/C17H33O4P/c1-11(2)15-9-8-14(10-21-22(18,19)20-7)16(12(3)4)17(15)13(5)6/h8,11-13,15-17H,9-10H2,1-7H3,(H,18,19). The molecular formula is C17H33O4P. The predicted molar refractivity (Wildman–Crippen MR) is 90.5 cm³/mol. The molecule has 130 valence electrons. The molecule has 4 atom stereocenters. The van der Waals surface area contributed by atoms with Crippen molar-refractivity contribution in [2.45, 2.75) is 48.0 Å². The minimum atomic E-state index is -3.92. The highest BCUT2D eigenvalue weighted by molar-refractivity contribution is 7.47. The van der Waals surface area contributed by atoms with Gasteiger partial charge in [-0.3, -0.25) is 9.05 Å². The average molecular weight is 332 g/mol. The van der Waals surface area contributed by atoms with Crippen molar-refractivity contribution in [2.24, 2.45) is 35.5 Å². The van der Waals surface area contributed by atoms with Crippen LogP contribution in [0.4, 0.5) is 0 Å². The average Bonchev–Trinajstić information content (AvgIpc) is 2.43. The third-order valence-corrected chi connectivity index (χ3v) is 5.88. The maximum atomic E-state index is 11.6. The van der Waals surface area contributed by atoms with E-state index < -0.39 is 7.82 Å². The van der Waals surface area contributed by atoms with Crippen LogP contribution in [-0.4, -0.2) is 18.6 Å². The minimum Gasteiger partial charge on any atom is -0.302 e. The fourth-order valence-corrected chi connectivity index (χ4v) is 4.37. The van der Waals surface area contributed by atoms with Gasteiger partial charge in [-0.2, -0.15) is 0 Å². The Morgan fingerprint density at radius 2 is 1.77 bits per heavy atom. The fraction of sp³-hybridized carbons (Fsp3) is 0.882. The van der Waals surface area contributed by atoms with Gasteiger partial charge in [0.1, 0.15) is 0 Å². The highest BCUT2D eigenvalue weighted by atomic mass is 31.2. The molecule has 0 aromatic carbocycles. The summed E-state index contributed by atoms with van der Waals surface area (Å²) in [5.41, 5.74) is 1.15. The molecular weight excluding hydrogens is 299 g/mol. The van der Waals surface area contributed by atoms with E-state index in [1.54, 1.807) is 0 Å². The second-order valence-electron chi connectivity index (χ2n) is 7.44. The molecule has 0 amide bonds. The van der Waals surface area contributed by atoms with Crippen molar-refractivity contribution in [3.63, 3.8) is 0 Å². The lowest BCUT2D eigenvalue weighted by molar-refractivity contribution is 0.0931. The zero-order valence-electron chi connectivity index (χ0n) is 15.1. The van der Waals surface area contributed by atoms with Gasteiger partial charge >= 0.3 is 7.82 Å². The molecule has 1 aliphatic rings. The van der Waals surface area contributed by atoms with Gasteiger partial charge in [0.15, 0.2) is 0 Å². The Morgan fingerprint density at radius 3 is 2.18 bits per heavy atom. The second kappa shape index (κ2) is 8.10. The predicted octanol–water partition coefficient (Wildman–Crippen LogP) is 4.90. The number of hydrogen-bond acceptors (Lipinski definition) is 3. The fourth-order valence-electron chi connectivity index (χ4n) is 3.96. The normalized spacial score (nSPS) is 29.0. The van der Waals surface area contributed by atoms with Crippen molar-refractivity contribution >= 4 is 7.82 Å². The van der Waals surface area contributed by atoms with E-state index >= 15 is 0 Å². The Labute approximate surface area is 135 Å². The highest BCUT2D eigenvalue weighted by Gasteiger charge is 2.39. The largest absolute Gasteiger partial charge is 0.472 e. The van der Waals surface area contributed by atoms with Crippen molar-refractivity contribution < 1.29 is 18.5 Å². The Balaban J connectivity index is 3.03. The van der Waals surface area contributed by atoms with Crippen molar-refractivity contribution in [3.8, 4) is 0 Å². The van der Waals surface area contributed by atoms with E-state index in [1.165, 1.54) is 7.11 Å². The van der Waals surface area contributed by atoms with Crippen LogP contribution in [0.1, 0.15) is 48.0 Å². The van der Waals surface area contributed by atoms with Gasteiger partial charge in [-0.05, 0) is 47.5 Å². The van der Waals surface area contributed by atoms with Crippen LogP contribution in [-0.2, 0) is 13.6 Å². The first kappa shape index (κ1) is 19.9. The first-order chi connectivity index (χ1) is 10.1. The first-order valence-electron chi connectivity index (χ1n) is 8.32. The summed E-state index contributed by atoms with van der Waals surface area (Å²) in [5, 5.41) is 0. The lowest BCUT2D eigenvalue weighted by Crippen LogP contribution is -2.38. The minimum absolute atomic E-state index is 0.179. The van der Waals surface area contributed by atoms with Crippen molar-refractivity contribution in [2.75, 3.05) is 13.7 Å². The lowest BCUT2D eigenvalue weighted by Gasteiger charge is -2.45. The molecule has 0 aromatic rings. The lowest BCUT2D eigenvalue weighted by atomic mass is 9.61. The van der Waals surface area contributed by atoms with Gasteiger partial charge < -0.3 is 4.89 Å². The second-order valence-corrected chi connectivity index (χ2v) is 9.00. The number of phosphoric ester groups is 1. The van der Waals surface area contributed by atoms with Crippen LogP contribution in [0.2, 0.25) is 0 Å². The summed E-state index contributed by atoms with van der Waals surface area (Å²) in [6.07, 6.45) is 3.25. The maximum absolute atomic E-state index is 11.6. The zero-order chi connectivity index (χ0) is 17.1. The van der Waals surface area contributed by atoms with E-state index in [-0.39, 0.29) is 6.61 Å². The van der Waals surface area contributed by atoms with Gasteiger partial charge in [0.05, 0.1) is 6.61 Å². The molecule has 1 aliphatic carbocycles. The van der Waals surface area contributed by atoms with Crippen molar-refractivity contribution in [3.05, 3.63) is 11.6 Å². The molecule has 22 heavy (non-hydrogen) atoms. The summed E-state index contributed by atoms with van der Waals surface area (Å²) in [4.78, 5) is 9.48. The first-order valence-corrected chi connectivity index (χ1v) is 9.82. The maximum Gasteiger partial charge on any atom is 0.472 e. The van der Waals surface area contributed by atoms with E-state index in [0.717, 1.165) is 12.0 Å². The van der Waals surface area contributed by atoms with E-state index in [0.29, 0.717) is 35.5 Å². The quantitative estimate of drug-likeness (QED) is 0.532. The molecule has 0 fully saturated rings. The number of hydrogen-bond donors (Lipinski definition) is 1. The van der Waals surface area contributed by atoms with Gasteiger partial charge in [-0.1, -0.05) is 47.6 Å². The molecule has 0 saturated carbocycles. The number of allylic oxidation sites excluding steroid dienone is 1. The van der Waals surface area contributed by atoms with Crippen LogP contribution >= 0.6 is 7.82 Å². The monoisotopic (exact) mass is 332 g/mol. The molecule has 1 N–H and O–H groups in total. The highest BCUT2D eigenvalue weighted by Crippen LogP contribution is 2.48. The SMILES string of the molecule is COP(=O)(O)OCC1=CCC(C(C)C)C(C(C)C)C1C(C)C. The Morgan fingerprint density at radius 1 is 1.18 bits per heavy atom. The summed E-state index contributed by atoms with van der Waals surface area (Å²) in [5.74, 6) is 3.30. The van der Waals surface area contributed by atoms with E-state index in [2.05, 4.69) is 52.1 Å². The summed E-state index contributed by atoms with van der Waals surface area (Å²) in [7, 11) is -2.72. The summed E-state index contributed by atoms with van der Waals surface area (Å²) < 4.78 is 21.2. The Kier molecular flexibility index (Phi) is 7.32. The molecule has 4 unspecified atom stereocenters. The van der Waals surface area contributed by atoms with Crippen LogP contribution in [0, 0.1) is 35.5 Å². The molecule has 0 saturated heterocycles.